The summed E-state index contributed by atoms with van der Waals surface area (Å²) in [5, 5.41) is 12.9. The number of hydrogen-bond acceptors (Lipinski definition) is 4. The van der Waals surface area contributed by atoms with E-state index in [9.17, 15) is 4.79 Å². The van der Waals surface area contributed by atoms with Gasteiger partial charge in [0, 0.05) is 16.1 Å². The van der Waals surface area contributed by atoms with Crippen LogP contribution in [0.4, 0.5) is 0 Å². The van der Waals surface area contributed by atoms with Gasteiger partial charge >= 0.3 is 0 Å². The van der Waals surface area contributed by atoms with E-state index >= 15 is 0 Å². The van der Waals surface area contributed by atoms with E-state index in [4.69, 9.17) is 11.6 Å². The number of carbonyl (C=O) groups excluding carboxylic acids is 1. The molecule has 1 heterocycles. The van der Waals surface area contributed by atoms with Crippen LogP contribution in [0.5, 0.6) is 0 Å². The van der Waals surface area contributed by atoms with E-state index in [1.807, 2.05) is 24.3 Å². The van der Waals surface area contributed by atoms with Gasteiger partial charge in [-0.2, -0.15) is 4.80 Å². The van der Waals surface area contributed by atoms with Gasteiger partial charge in [-0.25, -0.2) is 0 Å². The topological polar surface area (TPSA) is 60.7 Å². The normalized spacial score (nSPS) is 13.0. The van der Waals surface area contributed by atoms with Crippen LogP contribution in [0.3, 0.4) is 0 Å². The maximum absolute atomic E-state index is 12.5. The number of ketones is 1. The van der Waals surface area contributed by atoms with Gasteiger partial charge in [0.25, 0.3) is 0 Å². The number of aromatic nitrogens is 4. The summed E-state index contributed by atoms with van der Waals surface area (Å²) in [6.45, 7) is 0.0827. The molecule has 1 aromatic heterocycles. The van der Waals surface area contributed by atoms with E-state index in [0.29, 0.717) is 16.4 Å². The summed E-state index contributed by atoms with van der Waals surface area (Å²) in [5.41, 5.74) is 4.17. The van der Waals surface area contributed by atoms with E-state index in [-0.39, 0.29) is 12.3 Å². The second kappa shape index (κ2) is 6.17. The summed E-state index contributed by atoms with van der Waals surface area (Å²) >= 11 is 5.87. The Morgan fingerprint density at radius 3 is 2.71 bits per heavy atom. The first-order valence-electron chi connectivity index (χ1n) is 7.88. The molecule has 5 nitrogen and oxygen atoms in total. The molecule has 4 rings (SSSR count). The van der Waals surface area contributed by atoms with Crippen LogP contribution in [-0.2, 0) is 19.4 Å². The van der Waals surface area contributed by atoms with Crippen LogP contribution in [0.2, 0.25) is 5.02 Å². The molecule has 6 heteroatoms. The fraction of sp³-hybridized carbons (Fsp3) is 0.222. The lowest BCUT2D eigenvalue weighted by Gasteiger charge is -2.03. The number of rotatable bonds is 4. The van der Waals surface area contributed by atoms with Crippen molar-refractivity contribution >= 4 is 17.4 Å². The molecule has 2 aromatic carbocycles. The van der Waals surface area contributed by atoms with Crippen LogP contribution < -0.4 is 0 Å². The predicted molar refractivity (Wildman–Crippen MR) is 91.1 cm³/mol. The van der Waals surface area contributed by atoms with Crippen molar-refractivity contribution in [2.24, 2.45) is 0 Å². The Hall–Kier alpha value is -2.53. The molecule has 0 atom stereocenters. The van der Waals surface area contributed by atoms with E-state index in [2.05, 4.69) is 21.5 Å². The van der Waals surface area contributed by atoms with Gasteiger partial charge < -0.3 is 0 Å². The van der Waals surface area contributed by atoms with E-state index in [1.54, 1.807) is 12.1 Å². The zero-order chi connectivity index (χ0) is 16.5. The smallest absolute Gasteiger partial charge is 0.204 e. The van der Waals surface area contributed by atoms with Crippen molar-refractivity contribution in [2.45, 2.75) is 25.8 Å². The fourth-order valence-corrected chi connectivity index (χ4v) is 3.12. The van der Waals surface area contributed by atoms with Crippen LogP contribution in [0, 0.1) is 0 Å². The van der Waals surface area contributed by atoms with Crippen molar-refractivity contribution in [1.29, 1.82) is 0 Å². The highest BCUT2D eigenvalue weighted by molar-refractivity contribution is 6.30. The van der Waals surface area contributed by atoms with Gasteiger partial charge in [-0.15, -0.1) is 10.2 Å². The molecule has 0 radical (unpaired) electrons. The van der Waals surface area contributed by atoms with E-state index < -0.39 is 0 Å². The number of nitrogens with zero attached hydrogens (tertiary/aromatic N) is 4. The number of Topliss-reactive ketones (excluding diaryl/α,β-unsaturated/α-hetero) is 1. The molecule has 0 amide bonds. The molecule has 0 N–H and O–H groups in total. The average Bonchev–Trinajstić information content (AvgIpc) is 3.24. The number of benzene rings is 2. The Morgan fingerprint density at radius 1 is 1.08 bits per heavy atom. The van der Waals surface area contributed by atoms with Crippen molar-refractivity contribution in [3.63, 3.8) is 0 Å². The van der Waals surface area contributed by atoms with Crippen LogP contribution in [0.25, 0.3) is 11.4 Å². The molecule has 24 heavy (non-hydrogen) atoms. The zero-order valence-corrected chi connectivity index (χ0v) is 13.7. The highest BCUT2D eigenvalue weighted by atomic mass is 35.5. The third-order valence-electron chi connectivity index (χ3n) is 4.26. The minimum absolute atomic E-state index is 0.00949. The molecule has 0 spiro atoms. The van der Waals surface area contributed by atoms with Crippen molar-refractivity contribution in [3.05, 3.63) is 64.2 Å². The van der Waals surface area contributed by atoms with Gasteiger partial charge in [-0.1, -0.05) is 23.7 Å². The Morgan fingerprint density at radius 2 is 1.88 bits per heavy atom. The number of halogens is 1. The Balaban J connectivity index is 1.51. The molecule has 1 aliphatic carbocycles. The average molecular weight is 339 g/mol. The molecule has 120 valence electrons. The first-order valence-corrected chi connectivity index (χ1v) is 8.25. The van der Waals surface area contributed by atoms with Gasteiger partial charge in [0.2, 0.25) is 5.82 Å². The van der Waals surface area contributed by atoms with Crippen molar-refractivity contribution < 1.29 is 4.79 Å². The first kappa shape index (κ1) is 15.0. The third kappa shape index (κ3) is 2.95. The standard InChI is InChI=1S/C18H15ClN4O/c19-16-8-6-13(7-9-16)18-20-22-23(21-18)11-17(24)15-5-4-12-2-1-3-14(12)10-15/h4-10H,1-3,11H2. The van der Waals surface area contributed by atoms with E-state index in [1.165, 1.54) is 22.3 Å². The van der Waals surface area contributed by atoms with E-state index in [0.717, 1.165) is 18.4 Å². The Labute approximate surface area is 144 Å². The predicted octanol–water partition coefficient (Wildman–Crippen LogP) is 3.37. The maximum atomic E-state index is 12.5. The molecule has 0 saturated carbocycles. The lowest BCUT2D eigenvalue weighted by Crippen LogP contribution is -2.13. The van der Waals surface area contributed by atoms with Gasteiger partial charge in [0.15, 0.2) is 5.78 Å². The largest absolute Gasteiger partial charge is 0.292 e. The molecule has 0 bridgehead atoms. The molecule has 0 aliphatic heterocycles. The van der Waals surface area contributed by atoms with Crippen molar-refractivity contribution in [2.75, 3.05) is 0 Å². The molecule has 0 fully saturated rings. The SMILES string of the molecule is O=C(Cn1nnc(-c2ccc(Cl)cc2)n1)c1ccc2c(c1)CCC2. The summed E-state index contributed by atoms with van der Waals surface area (Å²) < 4.78 is 0. The molecule has 3 aromatic rings. The second-order valence-corrected chi connectivity index (χ2v) is 6.35. The summed E-state index contributed by atoms with van der Waals surface area (Å²) in [6, 6.07) is 13.1. The lowest BCUT2D eigenvalue weighted by molar-refractivity contribution is 0.0961. The fourth-order valence-electron chi connectivity index (χ4n) is 2.99. The summed E-state index contributed by atoms with van der Waals surface area (Å²) in [6.07, 6.45) is 3.33. The highest BCUT2D eigenvalue weighted by Crippen LogP contribution is 2.23. The van der Waals surface area contributed by atoms with Gasteiger partial charge in [0.05, 0.1) is 0 Å². The summed E-state index contributed by atoms with van der Waals surface area (Å²) in [4.78, 5) is 13.8. The van der Waals surface area contributed by atoms with Crippen molar-refractivity contribution in [1.82, 2.24) is 20.2 Å². The number of carbonyl (C=O) groups is 1. The minimum atomic E-state index is -0.00949. The van der Waals surface area contributed by atoms with Crippen LogP contribution in [0.1, 0.15) is 27.9 Å². The number of tetrazole rings is 1. The third-order valence-corrected chi connectivity index (χ3v) is 4.51. The molecular weight excluding hydrogens is 324 g/mol. The van der Waals surface area contributed by atoms with Gasteiger partial charge in [0.1, 0.15) is 6.54 Å². The Kier molecular flexibility index (Phi) is 3.86. The lowest BCUT2D eigenvalue weighted by atomic mass is 10.0. The Bertz CT molecular complexity index is 902. The highest BCUT2D eigenvalue weighted by Gasteiger charge is 2.15. The zero-order valence-electron chi connectivity index (χ0n) is 12.9. The van der Waals surface area contributed by atoms with Gasteiger partial charge in [-0.05, 0) is 65.9 Å². The summed E-state index contributed by atoms with van der Waals surface area (Å²) in [7, 11) is 0. The molecular formula is C18H15ClN4O. The number of fused-ring (bicyclic) bond motifs is 1. The maximum Gasteiger partial charge on any atom is 0.204 e. The van der Waals surface area contributed by atoms with Gasteiger partial charge in [-0.3, -0.25) is 4.79 Å². The quantitative estimate of drug-likeness (QED) is 0.684. The van der Waals surface area contributed by atoms with Crippen LogP contribution in [-0.4, -0.2) is 26.0 Å². The number of hydrogen-bond donors (Lipinski definition) is 0. The monoisotopic (exact) mass is 338 g/mol. The summed E-state index contributed by atoms with van der Waals surface area (Å²) in [5.74, 6) is 0.471. The van der Waals surface area contributed by atoms with Crippen molar-refractivity contribution in [3.8, 4) is 11.4 Å². The van der Waals surface area contributed by atoms with Crippen LogP contribution in [0.15, 0.2) is 42.5 Å². The first-order chi connectivity index (χ1) is 11.7. The van der Waals surface area contributed by atoms with Crippen LogP contribution >= 0.6 is 11.6 Å². The second-order valence-electron chi connectivity index (χ2n) is 5.91. The molecule has 0 saturated heterocycles. The minimum Gasteiger partial charge on any atom is -0.292 e. The number of aryl methyl sites for hydroxylation is 2. The molecule has 0 unspecified atom stereocenters. The molecule has 1 aliphatic rings.